The maximum atomic E-state index is 13.4. The molecule has 0 bridgehead atoms. The quantitative estimate of drug-likeness (QED) is 0.440. The maximum Gasteiger partial charge on any atom is 0.416 e. The van der Waals surface area contributed by atoms with Gasteiger partial charge in [0.05, 0.1) is 17.4 Å². The van der Waals surface area contributed by atoms with Gasteiger partial charge in [0.2, 0.25) is 11.8 Å². The Morgan fingerprint density at radius 3 is 2.69 bits per heavy atom. The Kier molecular flexibility index (Phi) is 7.33. The van der Waals surface area contributed by atoms with Gasteiger partial charge in [-0.3, -0.25) is 4.79 Å². The first-order chi connectivity index (χ1) is 18.7. The first kappa shape index (κ1) is 26.7. The van der Waals surface area contributed by atoms with Gasteiger partial charge in [-0.1, -0.05) is 36.3 Å². The number of aryl methyl sites for hydroxylation is 1. The second-order valence-corrected chi connectivity index (χ2v) is 10.1. The number of nitrogens with one attached hydrogen (secondary N) is 2. The van der Waals surface area contributed by atoms with Crippen LogP contribution in [0.5, 0.6) is 0 Å². The Morgan fingerprint density at radius 1 is 1.15 bits per heavy atom. The van der Waals surface area contributed by atoms with E-state index < -0.39 is 11.7 Å². The number of nitrogens with zero attached hydrogens (tertiary/aromatic N) is 3. The van der Waals surface area contributed by atoms with E-state index in [1.165, 1.54) is 6.07 Å². The van der Waals surface area contributed by atoms with E-state index >= 15 is 0 Å². The van der Waals surface area contributed by atoms with E-state index in [0.717, 1.165) is 35.2 Å². The molecule has 2 heterocycles. The van der Waals surface area contributed by atoms with E-state index in [4.69, 9.17) is 4.52 Å². The van der Waals surface area contributed by atoms with Gasteiger partial charge in [-0.2, -0.15) is 18.2 Å². The van der Waals surface area contributed by atoms with Crippen LogP contribution in [-0.2, 0) is 30.5 Å². The molecule has 11 heteroatoms. The van der Waals surface area contributed by atoms with Crippen molar-refractivity contribution in [2.45, 2.75) is 58.3 Å². The van der Waals surface area contributed by atoms with E-state index in [1.54, 1.807) is 17.9 Å². The summed E-state index contributed by atoms with van der Waals surface area (Å²) in [5, 5.41) is 9.67. The Hall–Kier alpha value is -3.89. The van der Waals surface area contributed by atoms with E-state index in [9.17, 15) is 22.8 Å². The summed E-state index contributed by atoms with van der Waals surface area (Å²) in [6.07, 6.45) is -2.53. The number of rotatable bonds is 7. The second kappa shape index (κ2) is 10.7. The van der Waals surface area contributed by atoms with Crippen LogP contribution >= 0.6 is 0 Å². The Labute approximate surface area is 224 Å². The monoisotopic (exact) mass is 541 g/mol. The molecular weight excluding hydrogens is 511 g/mol. The van der Waals surface area contributed by atoms with Gasteiger partial charge in [0.25, 0.3) is 0 Å². The van der Waals surface area contributed by atoms with Gasteiger partial charge in [-0.05, 0) is 66.1 Å². The molecule has 8 nitrogen and oxygen atoms in total. The first-order valence-corrected chi connectivity index (χ1v) is 13.1. The van der Waals surface area contributed by atoms with Crippen molar-refractivity contribution >= 4 is 11.9 Å². The maximum absolute atomic E-state index is 13.4. The third-order valence-electron chi connectivity index (χ3n) is 7.26. The molecule has 1 fully saturated rings. The summed E-state index contributed by atoms with van der Waals surface area (Å²) < 4.78 is 45.4. The third kappa shape index (κ3) is 5.76. The lowest BCUT2D eigenvalue weighted by Gasteiger charge is -2.32. The molecule has 1 aliphatic heterocycles. The molecule has 1 aromatic heterocycles. The molecule has 0 spiro atoms. The molecule has 2 N–H and O–H groups in total. The number of carbonyl (C=O) groups excluding carboxylic acids is 2. The highest BCUT2D eigenvalue weighted by Crippen LogP contribution is 2.47. The zero-order chi connectivity index (χ0) is 27.7. The standard InChI is InChI=1S/C28H30F3N5O3/c1-3-10-32-27(38)36-11-9-21-20(17-5-4-6-19(12-17)28(29,30)31)8-7-18(24(21)15-36)14-33-25(37)22-13-23(22)26-34-16(2)35-39-26/h4-8,12,22-23H,3,9-11,13-15H2,1-2H3,(H,32,38)(H,33,37)/t22-,23-/m1/s1. The van der Waals surface area contributed by atoms with Gasteiger partial charge in [0.1, 0.15) is 0 Å². The van der Waals surface area contributed by atoms with Gasteiger partial charge in [-0.25, -0.2) is 4.79 Å². The lowest BCUT2D eigenvalue weighted by molar-refractivity contribution is -0.137. The number of hydrogen-bond acceptors (Lipinski definition) is 5. The van der Waals surface area contributed by atoms with Crippen molar-refractivity contribution in [3.8, 4) is 11.1 Å². The Morgan fingerprint density at radius 2 is 1.97 bits per heavy atom. The van der Waals surface area contributed by atoms with Crippen molar-refractivity contribution in [3.63, 3.8) is 0 Å². The summed E-state index contributed by atoms with van der Waals surface area (Å²) in [4.78, 5) is 31.5. The van der Waals surface area contributed by atoms with Crippen LogP contribution in [0.2, 0.25) is 0 Å². The van der Waals surface area contributed by atoms with Crippen LogP contribution in [0.4, 0.5) is 18.0 Å². The minimum absolute atomic E-state index is 0.0962. The normalized spacial score (nSPS) is 18.4. The van der Waals surface area contributed by atoms with Crippen molar-refractivity contribution < 1.29 is 27.3 Å². The molecule has 206 valence electrons. The van der Waals surface area contributed by atoms with E-state index in [2.05, 4.69) is 20.8 Å². The van der Waals surface area contributed by atoms with Crippen LogP contribution in [-0.4, -0.2) is 40.1 Å². The molecular formula is C28H30F3N5O3. The number of carbonyl (C=O) groups is 2. The zero-order valence-corrected chi connectivity index (χ0v) is 21.8. The molecule has 2 aromatic carbocycles. The fraction of sp³-hybridized carbons (Fsp3) is 0.429. The smallest absolute Gasteiger partial charge is 0.352 e. The van der Waals surface area contributed by atoms with Crippen molar-refractivity contribution in [2.75, 3.05) is 13.1 Å². The number of benzene rings is 2. The van der Waals surface area contributed by atoms with Gasteiger partial charge in [0, 0.05) is 26.2 Å². The van der Waals surface area contributed by atoms with Crippen molar-refractivity contribution in [3.05, 3.63) is 70.4 Å². The van der Waals surface area contributed by atoms with Crippen LogP contribution in [0.15, 0.2) is 40.9 Å². The highest BCUT2D eigenvalue weighted by molar-refractivity contribution is 5.82. The first-order valence-electron chi connectivity index (χ1n) is 13.1. The summed E-state index contributed by atoms with van der Waals surface area (Å²) in [7, 11) is 0. The van der Waals surface area contributed by atoms with Gasteiger partial charge in [0.15, 0.2) is 5.82 Å². The molecule has 2 aliphatic rings. The summed E-state index contributed by atoms with van der Waals surface area (Å²) >= 11 is 0. The minimum atomic E-state index is -4.45. The molecule has 2 atom stereocenters. The molecule has 3 amide bonds. The topological polar surface area (TPSA) is 100 Å². The molecule has 0 radical (unpaired) electrons. The average molecular weight is 542 g/mol. The molecule has 3 aromatic rings. The highest BCUT2D eigenvalue weighted by Gasteiger charge is 2.47. The lowest BCUT2D eigenvalue weighted by atomic mass is 9.87. The lowest BCUT2D eigenvalue weighted by Crippen LogP contribution is -2.43. The van der Waals surface area contributed by atoms with Crippen LogP contribution in [0, 0.1) is 12.8 Å². The number of alkyl halides is 3. The molecule has 5 rings (SSSR count). The summed E-state index contributed by atoms with van der Waals surface area (Å²) in [5.74, 6) is 0.516. The molecule has 1 saturated carbocycles. The summed E-state index contributed by atoms with van der Waals surface area (Å²) in [6, 6.07) is 8.74. The Bertz CT molecular complexity index is 1390. The highest BCUT2D eigenvalue weighted by atomic mass is 19.4. The second-order valence-electron chi connectivity index (χ2n) is 10.1. The molecule has 0 saturated heterocycles. The van der Waals surface area contributed by atoms with E-state index in [1.807, 2.05) is 19.1 Å². The molecule has 0 unspecified atom stereocenters. The van der Waals surface area contributed by atoms with E-state index in [-0.39, 0.29) is 30.3 Å². The SMILES string of the molecule is CCCNC(=O)N1CCc2c(-c3cccc(C(F)(F)F)c3)ccc(CNC(=O)[C@@H]3C[C@H]3c3nc(C)no3)c2C1. The minimum Gasteiger partial charge on any atom is -0.352 e. The number of aromatic nitrogens is 2. The number of fused-ring (bicyclic) bond motifs is 1. The van der Waals surface area contributed by atoms with Gasteiger partial charge in [-0.15, -0.1) is 0 Å². The van der Waals surface area contributed by atoms with Crippen molar-refractivity contribution in [1.82, 2.24) is 25.7 Å². The average Bonchev–Trinajstić information content (AvgIpc) is 3.62. The van der Waals surface area contributed by atoms with Crippen molar-refractivity contribution in [1.29, 1.82) is 0 Å². The van der Waals surface area contributed by atoms with Crippen molar-refractivity contribution in [2.24, 2.45) is 5.92 Å². The third-order valence-corrected chi connectivity index (χ3v) is 7.26. The van der Waals surface area contributed by atoms with Crippen LogP contribution in [0.25, 0.3) is 11.1 Å². The van der Waals surface area contributed by atoms with Crippen LogP contribution in [0.1, 0.15) is 59.7 Å². The number of urea groups is 1. The van der Waals surface area contributed by atoms with E-state index in [0.29, 0.717) is 55.3 Å². The number of hydrogen-bond donors (Lipinski definition) is 2. The summed E-state index contributed by atoms with van der Waals surface area (Å²) in [5.41, 5.74) is 3.03. The Balaban J connectivity index is 1.39. The largest absolute Gasteiger partial charge is 0.416 e. The fourth-order valence-electron chi connectivity index (χ4n) is 5.09. The predicted molar refractivity (Wildman–Crippen MR) is 136 cm³/mol. The summed E-state index contributed by atoms with van der Waals surface area (Å²) in [6.45, 7) is 5.23. The zero-order valence-electron chi connectivity index (χ0n) is 21.8. The van der Waals surface area contributed by atoms with Gasteiger partial charge >= 0.3 is 12.2 Å². The molecule has 1 aliphatic carbocycles. The van der Waals surface area contributed by atoms with Gasteiger partial charge < -0.3 is 20.1 Å². The predicted octanol–water partition coefficient (Wildman–Crippen LogP) is 4.96. The molecule has 39 heavy (non-hydrogen) atoms. The fourth-order valence-corrected chi connectivity index (χ4v) is 5.09. The van der Waals surface area contributed by atoms with Crippen LogP contribution in [0.3, 0.4) is 0 Å². The number of amides is 3. The number of halogens is 3. The van der Waals surface area contributed by atoms with Crippen LogP contribution < -0.4 is 10.6 Å².